The van der Waals surface area contributed by atoms with Crippen molar-refractivity contribution in [1.29, 1.82) is 0 Å². The maximum absolute atomic E-state index is 12.7. The molecule has 1 aromatic carbocycles. The lowest BCUT2D eigenvalue weighted by Gasteiger charge is -2.31. The summed E-state index contributed by atoms with van der Waals surface area (Å²) in [6.07, 6.45) is 0. The van der Waals surface area contributed by atoms with Gasteiger partial charge in [0.05, 0.1) is 13.1 Å². The summed E-state index contributed by atoms with van der Waals surface area (Å²) < 4.78 is 1.86. The molecule has 0 aliphatic carbocycles. The zero-order chi connectivity index (χ0) is 18.1. The number of carbonyl (C=O) groups excluding carboxylic acids is 2. The fraction of sp³-hybridized carbons (Fsp3) is 0.333. The first-order valence-electron chi connectivity index (χ1n) is 8.09. The second-order valence-electron chi connectivity index (χ2n) is 6.36. The number of imide groups is 1. The molecule has 0 spiro atoms. The van der Waals surface area contributed by atoms with Gasteiger partial charge in [-0.2, -0.15) is 0 Å². The van der Waals surface area contributed by atoms with E-state index < -0.39 is 6.04 Å². The van der Waals surface area contributed by atoms with E-state index in [1.807, 2.05) is 41.8 Å². The second-order valence-corrected chi connectivity index (χ2v) is 6.36. The molecule has 0 bridgehead atoms. The highest BCUT2D eigenvalue weighted by atomic mass is 16.2. The van der Waals surface area contributed by atoms with Crippen molar-refractivity contribution < 1.29 is 14.2 Å². The quantitative estimate of drug-likeness (QED) is 0.657. The molecule has 0 saturated carbocycles. The van der Waals surface area contributed by atoms with Crippen LogP contribution in [-0.2, 0) is 11.3 Å². The van der Waals surface area contributed by atoms with Crippen molar-refractivity contribution in [2.75, 3.05) is 20.6 Å². The van der Waals surface area contributed by atoms with Crippen LogP contribution >= 0.6 is 0 Å². The topological polar surface area (TPSA) is 68.0 Å². The van der Waals surface area contributed by atoms with Gasteiger partial charge in [0.2, 0.25) is 11.9 Å². The Balaban J connectivity index is 1.93. The molecule has 7 heteroatoms. The number of hydrogen-bond acceptors (Lipinski definition) is 4. The number of amides is 3. The fourth-order valence-electron chi connectivity index (χ4n) is 2.97. The predicted octanol–water partition coefficient (Wildman–Crippen LogP) is 1.03. The van der Waals surface area contributed by atoms with Crippen LogP contribution in [0.2, 0.25) is 0 Å². The largest absolute Gasteiger partial charge is 0.390 e. The zero-order valence-electron chi connectivity index (χ0n) is 14.7. The van der Waals surface area contributed by atoms with Crippen molar-refractivity contribution in [1.82, 2.24) is 15.1 Å². The zero-order valence-corrected chi connectivity index (χ0v) is 14.7. The summed E-state index contributed by atoms with van der Waals surface area (Å²) in [5.74, 6) is 0.750. The van der Waals surface area contributed by atoms with Crippen molar-refractivity contribution in [2.24, 2.45) is 4.99 Å². The van der Waals surface area contributed by atoms with Crippen molar-refractivity contribution in [3.8, 4) is 0 Å². The highest BCUT2D eigenvalue weighted by molar-refractivity contribution is 6.22. The van der Waals surface area contributed by atoms with E-state index in [9.17, 15) is 9.59 Å². The summed E-state index contributed by atoms with van der Waals surface area (Å²) in [6.45, 7) is 6.91. The average Bonchev–Trinajstić information content (AvgIpc) is 2.95. The third-order valence-electron chi connectivity index (χ3n) is 4.26. The summed E-state index contributed by atoms with van der Waals surface area (Å²) in [6, 6.07) is 8.95. The first kappa shape index (κ1) is 16.9. The lowest BCUT2D eigenvalue weighted by Crippen LogP contribution is -2.61. The van der Waals surface area contributed by atoms with E-state index in [0.717, 1.165) is 16.0 Å². The summed E-state index contributed by atoms with van der Waals surface area (Å²) in [7, 11) is 3.13. The molecule has 0 radical (unpaired) electrons. The molecule has 1 atom stereocenters. The van der Waals surface area contributed by atoms with E-state index in [0.29, 0.717) is 24.9 Å². The van der Waals surface area contributed by atoms with E-state index in [1.165, 1.54) is 11.9 Å². The molecule has 2 aliphatic rings. The van der Waals surface area contributed by atoms with Crippen LogP contribution < -0.4 is 5.32 Å². The molecule has 3 rings (SSSR count). The molecule has 2 heterocycles. The lowest BCUT2D eigenvalue weighted by atomic mass is 10.1. The van der Waals surface area contributed by atoms with Crippen molar-refractivity contribution in [2.45, 2.75) is 19.5 Å². The smallest absolute Gasteiger partial charge is 0.271 e. The molecule has 1 saturated heterocycles. The van der Waals surface area contributed by atoms with E-state index in [1.54, 1.807) is 7.05 Å². The molecule has 1 aromatic rings. The van der Waals surface area contributed by atoms with Gasteiger partial charge in [0, 0.05) is 14.1 Å². The molecule has 25 heavy (non-hydrogen) atoms. The highest BCUT2D eigenvalue weighted by Crippen LogP contribution is 2.19. The van der Waals surface area contributed by atoms with E-state index >= 15 is 0 Å². The molecular weight excluding hydrogens is 318 g/mol. The summed E-state index contributed by atoms with van der Waals surface area (Å²) in [5, 5.41) is 3.29. The Morgan fingerprint density at radius 3 is 2.56 bits per heavy atom. The predicted molar refractivity (Wildman–Crippen MR) is 95.4 cm³/mol. The summed E-state index contributed by atoms with van der Waals surface area (Å²) in [4.78, 5) is 31.9. The molecule has 0 aromatic heterocycles. The monoisotopic (exact) mass is 340 g/mol. The summed E-state index contributed by atoms with van der Waals surface area (Å²) in [5.41, 5.74) is 2.01. The normalized spacial score (nSPS) is 20.0. The van der Waals surface area contributed by atoms with Gasteiger partial charge < -0.3 is 0 Å². The number of nitrogens with one attached hydrogen (secondary N) is 1. The number of aliphatic imine (C=N–C) groups is 1. The van der Waals surface area contributed by atoms with E-state index in [4.69, 9.17) is 0 Å². The van der Waals surface area contributed by atoms with Crippen LogP contribution in [0.4, 0.5) is 4.79 Å². The molecule has 3 amide bonds. The molecule has 7 nitrogen and oxygen atoms in total. The Kier molecular flexibility index (Phi) is 4.39. The van der Waals surface area contributed by atoms with Crippen LogP contribution in [0.25, 0.3) is 0 Å². The number of benzene rings is 1. The van der Waals surface area contributed by atoms with Crippen molar-refractivity contribution >= 4 is 23.7 Å². The Hall–Kier alpha value is -2.96. The van der Waals surface area contributed by atoms with Gasteiger partial charge in [-0.1, -0.05) is 41.9 Å². The first-order chi connectivity index (χ1) is 11.9. The number of amidine groups is 1. The first-order valence-corrected chi connectivity index (χ1v) is 8.09. The highest BCUT2D eigenvalue weighted by Gasteiger charge is 2.51. The van der Waals surface area contributed by atoms with Gasteiger partial charge in [0.15, 0.2) is 0 Å². The maximum Gasteiger partial charge on any atom is 0.390 e. The van der Waals surface area contributed by atoms with Crippen LogP contribution in [0.3, 0.4) is 0 Å². The minimum absolute atomic E-state index is 0.278. The van der Waals surface area contributed by atoms with Gasteiger partial charge in [-0.3, -0.25) is 19.9 Å². The van der Waals surface area contributed by atoms with Gasteiger partial charge in [-0.15, -0.1) is 0 Å². The molecule has 130 valence electrons. The SMILES string of the molecule is C=C(C)C[N+]1=C(NCc2ccccc2)N=C2C1C(=O)N(C)C(=O)N2C. The Morgan fingerprint density at radius 2 is 1.92 bits per heavy atom. The van der Waals surface area contributed by atoms with Crippen molar-refractivity contribution in [3.05, 3.63) is 48.0 Å². The minimum atomic E-state index is -0.609. The number of likely N-dealkylation sites (N-methyl/N-ethyl adjacent to an activating group) is 2. The lowest BCUT2D eigenvalue weighted by molar-refractivity contribution is -0.529. The van der Waals surface area contributed by atoms with Gasteiger partial charge in [0.1, 0.15) is 0 Å². The molecule has 1 N–H and O–H groups in total. The van der Waals surface area contributed by atoms with Crippen LogP contribution in [0.1, 0.15) is 12.5 Å². The third-order valence-corrected chi connectivity index (χ3v) is 4.26. The second kappa shape index (κ2) is 6.51. The summed E-state index contributed by atoms with van der Waals surface area (Å²) >= 11 is 0. The minimum Gasteiger partial charge on any atom is -0.271 e. The number of nitrogens with zero attached hydrogens (tertiary/aromatic N) is 4. The number of urea groups is 1. The van der Waals surface area contributed by atoms with E-state index in [2.05, 4.69) is 16.9 Å². The number of rotatable bonds is 4. The molecule has 2 aliphatic heterocycles. The van der Waals surface area contributed by atoms with Gasteiger partial charge >= 0.3 is 12.0 Å². The number of carbonyl (C=O) groups is 2. The maximum atomic E-state index is 12.7. The van der Waals surface area contributed by atoms with Crippen LogP contribution in [-0.4, -0.2) is 64.8 Å². The number of hydrogen-bond donors (Lipinski definition) is 1. The van der Waals surface area contributed by atoms with Gasteiger partial charge in [0.25, 0.3) is 5.91 Å². The van der Waals surface area contributed by atoms with Crippen molar-refractivity contribution in [3.63, 3.8) is 0 Å². The van der Waals surface area contributed by atoms with E-state index in [-0.39, 0.29) is 11.9 Å². The van der Waals surface area contributed by atoms with Gasteiger partial charge in [-0.05, 0) is 18.1 Å². The van der Waals surface area contributed by atoms with Crippen LogP contribution in [0.15, 0.2) is 47.5 Å². The number of fused-ring (bicyclic) bond motifs is 1. The Labute approximate surface area is 147 Å². The van der Waals surface area contributed by atoms with Gasteiger partial charge in [-0.25, -0.2) is 9.37 Å². The fourth-order valence-corrected chi connectivity index (χ4v) is 2.97. The number of guanidine groups is 1. The third kappa shape index (κ3) is 3.05. The Bertz CT molecular complexity index is 797. The molecule has 1 unspecified atom stereocenters. The van der Waals surface area contributed by atoms with Crippen LogP contribution in [0, 0.1) is 0 Å². The average molecular weight is 340 g/mol. The van der Waals surface area contributed by atoms with Crippen LogP contribution in [0.5, 0.6) is 0 Å². The molecular formula is C18H22N5O2+. The molecule has 1 fully saturated rings. The Morgan fingerprint density at radius 1 is 1.24 bits per heavy atom. The standard InChI is InChI=1S/C18H21N5O2/c1-12(2)11-23-14-15(21(3)18(25)22(4)16(14)24)20-17(23)19-10-13-8-6-5-7-9-13/h5-9,14H,1,10-11H2,2-4H3/p+1.